The lowest BCUT2D eigenvalue weighted by molar-refractivity contribution is -0.385. The fourth-order valence-electron chi connectivity index (χ4n) is 1.94. The quantitative estimate of drug-likeness (QED) is 0.670. The maximum atomic E-state index is 11.2. The van der Waals surface area contributed by atoms with Crippen LogP contribution in [0.2, 0.25) is 0 Å². The number of para-hydroxylation sites is 1. The second-order valence-corrected chi connectivity index (χ2v) is 4.68. The summed E-state index contributed by atoms with van der Waals surface area (Å²) in [6, 6.07) is 7.40. The summed E-state index contributed by atoms with van der Waals surface area (Å²) in [7, 11) is 1.56. The van der Waals surface area contributed by atoms with Crippen LogP contribution in [-0.2, 0) is 0 Å². The third-order valence-electron chi connectivity index (χ3n) is 2.96. The van der Waals surface area contributed by atoms with E-state index in [0.717, 1.165) is 5.56 Å². The molecule has 1 N–H and O–H groups in total. The molecule has 0 saturated heterocycles. The van der Waals surface area contributed by atoms with Crippen molar-refractivity contribution in [3.05, 3.63) is 46.3 Å². The zero-order valence-corrected chi connectivity index (χ0v) is 12.0. The van der Waals surface area contributed by atoms with Gasteiger partial charge in [0.15, 0.2) is 0 Å². The molecule has 0 bridgehead atoms. The van der Waals surface area contributed by atoms with Gasteiger partial charge in [-0.1, -0.05) is 32.0 Å². The monoisotopic (exact) mass is 288 g/mol. The number of aromatic nitrogens is 2. The lowest BCUT2D eigenvalue weighted by Crippen LogP contribution is -2.04. The van der Waals surface area contributed by atoms with Crippen molar-refractivity contribution in [3.63, 3.8) is 0 Å². The van der Waals surface area contributed by atoms with Crippen molar-refractivity contribution < 1.29 is 9.66 Å². The molecule has 1 aromatic heterocycles. The van der Waals surface area contributed by atoms with Crippen molar-refractivity contribution in [1.29, 1.82) is 0 Å². The number of hydrogen-bond acceptors (Lipinski definition) is 6. The molecule has 0 spiro atoms. The van der Waals surface area contributed by atoms with Crippen molar-refractivity contribution in [1.82, 2.24) is 9.97 Å². The van der Waals surface area contributed by atoms with Crippen LogP contribution in [0.1, 0.15) is 25.3 Å². The first kappa shape index (κ1) is 14.7. The maximum absolute atomic E-state index is 11.2. The van der Waals surface area contributed by atoms with Crippen molar-refractivity contribution in [3.8, 4) is 11.6 Å². The van der Waals surface area contributed by atoms with Gasteiger partial charge < -0.3 is 10.1 Å². The minimum atomic E-state index is -0.556. The Morgan fingerprint density at radius 1 is 1.29 bits per heavy atom. The zero-order chi connectivity index (χ0) is 15.4. The minimum Gasteiger partial charge on any atom is -0.433 e. The number of rotatable bonds is 5. The second kappa shape index (κ2) is 6.17. The Balaban J connectivity index is 2.48. The highest BCUT2D eigenvalue weighted by atomic mass is 16.6. The van der Waals surface area contributed by atoms with Gasteiger partial charge in [-0.25, -0.2) is 4.98 Å². The van der Waals surface area contributed by atoms with E-state index in [4.69, 9.17) is 4.74 Å². The van der Waals surface area contributed by atoms with Crippen LogP contribution in [0.4, 0.5) is 11.5 Å². The number of nitro groups is 1. The number of anilines is 1. The molecule has 0 aliphatic heterocycles. The molecular formula is C14H16N4O3. The number of hydrogen-bond donors (Lipinski definition) is 1. The lowest BCUT2D eigenvalue weighted by atomic mass is 10.0. The number of nitrogens with zero attached hydrogens (tertiary/aromatic N) is 3. The Kier molecular flexibility index (Phi) is 4.32. The minimum absolute atomic E-state index is 0.0764. The Hall–Kier alpha value is -2.70. The summed E-state index contributed by atoms with van der Waals surface area (Å²) in [5, 5.41) is 13.9. The Morgan fingerprint density at radius 3 is 2.62 bits per heavy atom. The normalized spacial score (nSPS) is 10.5. The fourth-order valence-corrected chi connectivity index (χ4v) is 1.94. The van der Waals surface area contributed by atoms with E-state index in [1.807, 2.05) is 32.0 Å². The maximum Gasteiger partial charge on any atom is 0.373 e. The molecule has 0 saturated carbocycles. The van der Waals surface area contributed by atoms with E-state index in [9.17, 15) is 10.1 Å². The van der Waals surface area contributed by atoms with E-state index in [1.165, 1.54) is 6.33 Å². The molecule has 0 atom stereocenters. The highest BCUT2D eigenvalue weighted by molar-refractivity contribution is 5.61. The van der Waals surface area contributed by atoms with Crippen molar-refractivity contribution in [2.75, 3.05) is 12.4 Å². The van der Waals surface area contributed by atoms with E-state index >= 15 is 0 Å². The summed E-state index contributed by atoms with van der Waals surface area (Å²) in [6.45, 7) is 4.05. The third kappa shape index (κ3) is 3.07. The molecule has 1 heterocycles. The summed E-state index contributed by atoms with van der Waals surface area (Å²) >= 11 is 0. The van der Waals surface area contributed by atoms with Crippen LogP contribution in [0.25, 0.3) is 0 Å². The van der Waals surface area contributed by atoms with Crippen LogP contribution in [0.15, 0.2) is 30.6 Å². The van der Waals surface area contributed by atoms with E-state index in [0.29, 0.717) is 5.75 Å². The molecule has 110 valence electrons. The predicted molar refractivity (Wildman–Crippen MR) is 78.8 cm³/mol. The number of ether oxygens (including phenoxy) is 1. The molecular weight excluding hydrogens is 272 g/mol. The first-order valence-corrected chi connectivity index (χ1v) is 6.48. The molecule has 1 aromatic carbocycles. The topological polar surface area (TPSA) is 90.2 Å². The van der Waals surface area contributed by atoms with Gasteiger partial charge in [-0.05, 0) is 17.5 Å². The fraction of sp³-hybridized carbons (Fsp3) is 0.286. The molecule has 21 heavy (non-hydrogen) atoms. The van der Waals surface area contributed by atoms with Gasteiger partial charge in [0, 0.05) is 7.05 Å². The second-order valence-electron chi connectivity index (χ2n) is 4.68. The Labute approximate surface area is 122 Å². The highest BCUT2D eigenvalue weighted by Crippen LogP contribution is 2.36. The van der Waals surface area contributed by atoms with E-state index < -0.39 is 4.92 Å². The first-order chi connectivity index (χ1) is 10.0. The van der Waals surface area contributed by atoms with Gasteiger partial charge in [0.2, 0.25) is 5.82 Å². The molecule has 0 fully saturated rings. The van der Waals surface area contributed by atoms with Crippen molar-refractivity contribution in [2.24, 2.45) is 0 Å². The standard InChI is InChI=1S/C14H16N4O3/c1-9(2)10-6-4-5-7-11(10)21-14-12(18(19)20)13(15-3)16-8-17-14/h4-9H,1-3H3,(H,15,16,17). The predicted octanol–water partition coefficient (Wildman–Crippen LogP) is 3.34. The van der Waals surface area contributed by atoms with E-state index in [-0.39, 0.29) is 23.3 Å². The van der Waals surface area contributed by atoms with E-state index in [1.54, 1.807) is 13.1 Å². The van der Waals surface area contributed by atoms with Gasteiger partial charge in [0.25, 0.3) is 0 Å². The molecule has 2 aromatic rings. The molecule has 0 radical (unpaired) electrons. The van der Waals surface area contributed by atoms with Gasteiger partial charge >= 0.3 is 11.6 Å². The first-order valence-electron chi connectivity index (χ1n) is 6.48. The summed E-state index contributed by atoms with van der Waals surface area (Å²) in [5.74, 6) is 0.821. The molecule has 2 rings (SSSR count). The number of nitrogens with one attached hydrogen (secondary N) is 1. The van der Waals surface area contributed by atoms with Crippen LogP contribution < -0.4 is 10.1 Å². The van der Waals surface area contributed by atoms with Crippen LogP contribution in [0.5, 0.6) is 11.6 Å². The molecule has 0 aliphatic carbocycles. The van der Waals surface area contributed by atoms with Gasteiger partial charge in [-0.3, -0.25) is 10.1 Å². The average Bonchev–Trinajstić information content (AvgIpc) is 2.47. The summed E-state index contributed by atoms with van der Waals surface area (Å²) in [4.78, 5) is 18.4. The number of benzene rings is 1. The van der Waals surface area contributed by atoms with Crippen molar-refractivity contribution in [2.45, 2.75) is 19.8 Å². The molecule has 0 aliphatic rings. The van der Waals surface area contributed by atoms with Crippen LogP contribution in [0.3, 0.4) is 0 Å². The summed E-state index contributed by atoms with van der Waals surface area (Å²) in [6.07, 6.45) is 1.23. The van der Waals surface area contributed by atoms with Gasteiger partial charge in [0.1, 0.15) is 12.1 Å². The zero-order valence-electron chi connectivity index (χ0n) is 12.0. The average molecular weight is 288 g/mol. The molecule has 7 heteroatoms. The van der Waals surface area contributed by atoms with Crippen LogP contribution in [0, 0.1) is 10.1 Å². The molecule has 7 nitrogen and oxygen atoms in total. The van der Waals surface area contributed by atoms with Gasteiger partial charge in [-0.2, -0.15) is 4.98 Å². The van der Waals surface area contributed by atoms with Crippen LogP contribution in [-0.4, -0.2) is 21.9 Å². The van der Waals surface area contributed by atoms with Crippen LogP contribution >= 0.6 is 0 Å². The van der Waals surface area contributed by atoms with Gasteiger partial charge in [-0.15, -0.1) is 0 Å². The molecule has 0 amide bonds. The largest absolute Gasteiger partial charge is 0.433 e. The smallest absolute Gasteiger partial charge is 0.373 e. The Morgan fingerprint density at radius 2 is 2.00 bits per heavy atom. The summed E-state index contributed by atoms with van der Waals surface area (Å²) < 4.78 is 5.67. The van der Waals surface area contributed by atoms with Gasteiger partial charge in [0.05, 0.1) is 4.92 Å². The summed E-state index contributed by atoms with van der Waals surface area (Å²) in [5.41, 5.74) is 0.676. The van der Waals surface area contributed by atoms with Crippen molar-refractivity contribution >= 4 is 11.5 Å². The molecule has 0 unspecified atom stereocenters. The van der Waals surface area contributed by atoms with E-state index in [2.05, 4.69) is 15.3 Å². The SMILES string of the molecule is CNc1ncnc(Oc2ccccc2C(C)C)c1[N+](=O)[O-]. The Bertz CT molecular complexity index is 658. The highest BCUT2D eigenvalue weighted by Gasteiger charge is 2.25. The third-order valence-corrected chi connectivity index (χ3v) is 2.96. The lowest BCUT2D eigenvalue weighted by Gasteiger charge is -2.13.